The molecule has 0 aliphatic heterocycles. The third kappa shape index (κ3) is 2.78. The molecule has 5 nitrogen and oxygen atoms in total. The SMILES string of the molecule is Cc1nnc(-c2ccccc2-c2ccc(S(C)(=O)=O)cc2)o1. The van der Waals surface area contributed by atoms with E-state index in [1.807, 2.05) is 24.3 Å². The van der Waals surface area contributed by atoms with E-state index in [1.54, 1.807) is 31.2 Å². The number of aromatic nitrogens is 2. The summed E-state index contributed by atoms with van der Waals surface area (Å²) in [7, 11) is -3.20. The summed E-state index contributed by atoms with van der Waals surface area (Å²) < 4.78 is 28.6. The Balaban J connectivity index is 2.09. The highest BCUT2D eigenvalue weighted by molar-refractivity contribution is 7.90. The first-order chi connectivity index (χ1) is 10.4. The van der Waals surface area contributed by atoms with Crippen molar-refractivity contribution in [3.63, 3.8) is 0 Å². The number of benzene rings is 2. The quantitative estimate of drug-likeness (QED) is 0.742. The zero-order chi connectivity index (χ0) is 15.7. The molecule has 0 N–H and O–H groups in total. The van der Waals surface area contributed by atoms with Gasteiger partial charge in [0, 0.05) is 18.7 Å². The van der Waals surface area contributed by atoms with Crippen LogP contribution in [0.3, 0.4) is 0 Å². The molecule has 0 saturated carbocycles. The van der Waals surface area contributed by atoms with Gasteiger partial charge in [-0.25, -0.2) is 8.42 Å². The summed E-state index contributed by atoms with van der Waals surface area (Å²) >= 11 is 0. The topological polar surface area (TPSA) is 73.1 Å². The molecule has 0 amide bonds. The summed E-state index contributed by atoms with van der Waals surface area (Å²) in [4.78, 5) is 0.294. The minimum absolute atomic E-state index is 0.294. The average Bonchev–Trinajstić information content (AvgIpc) is 2.93. The van der Waals surface area contributed by atoms with Gasteiger partial charge < -0.3 is 4.42 Å². The molecular weight excluding hydrogens is 300 g/mol. The van der Waals surface area contributed by atoms with E-state index >= 15 is 0 Å². The van der Waals surface area contributed by atoms with Gasteiger partial charge in [0.05, 0.1) is 4.90 Å². The summed E-state index contributed by atoms with van der Waals surface area (Å²) in [6.45, 7) is 1.74. The lowest BCUT2D eigenvalue weighted by molar-refractivity contribution is 0.533. The molecular formula is C16H14N2O3S. The molecule has 3 aromatic rings. The van der Waals surface area contributed by atoms with Gasteiger partial charge in [0.25, 0.3) is 0 Å². The van der Waals surface area contributed by atoms with Crippen LogP contribution in [0.5, 0.6) is 0 Å². The zero-order valence-corrected chi connectivity index (χ0v) is 13.0. The normalized spacial score (nSPS) is 11.5. The van der Waals surface area contributed by atoms with Crippen LogP contribution in [0.2, 0.25) is 0 Å². The van der Waals surface area contributed by atoms with Crippen LogP contribution in [-0.4, -0.2) is 24.9 Å². The molecule has 1 heterocycles. The minimum Gasteiger partial charge on any atom is -0.421 e. The number of rotatable bonds is 3. The maximum absolute atomic E-state index is 11.5. The van der Waals surface area contributed by atoms with E-state index in [9.17, 15) is 8.42 Å². The van der Waals surface area contributed by atoms with Crippen molar-refractivity contribution >= 4 is 9.84 Å². The van der Waals surface area contributed by atoms with E-state index in [2.05, 4.69) is 10.2 Å². The van der Waals surface area contributed by atoms with Crippen molar-refractivity contribution in [2.24, 2.45) is 0 Å². The van der Waals surface area contributed by atoms with Gasteiger partial charge in [0.15, 0.2) is 9.84 Å². The Kier molecular flexibility index (Phi) is 3.54. The first kappa shape index (κ1) is 14.5. The molecule has 6 heteroatoms. The molecule has 22 heavy (non-hydrogen) atoms. The van der Waals surface area contributed by atoms with Crippen molar-refractivity contribution in [2.75, 3.05) is 6.26 Å². The fourth-order valence-corrected chi connectivity index (χ4v) is 2.84. The Morgan fingerprint density at radius 3 is 2.09 bits per heavy atom. The Hall–Kier alpha value is -2.47. The predicted molar refractivity (Wildman–Crippen MR) is 83.0 cm³/mol. The van der Waals surface area contributed by atoms with Gasteiger partial charge in [0.1, 0.15) is 0 Å². The number of aryl methyl sites for hydroxylation is 1. The molecule has 0 unspecified atom stereocenters. The summed E-state index contributed by atoms with van der Waals surface area (Å²) in [6, 6.07) is 14.4. The molecule has 112 valence electrons. The summed E-state index contributed by atoms with van der Waals surface area (Å²) in [5, 5.41) is 7.89. The standard InChI is InChI=1S/C16H14N2O3S/c1-11-17-18-16(21-11)15-6-4-3-5-14(15)12-7-9-13(10-8-12)22(2,19)20/h3-10H,1-2H3. The van der Waals surface area contributed by atoms with Crippen LogP contribution >= 0.6 is 0 Å². The van der Waals surface area contributed by atoms with Crippen LogP contribution in [0.1, 0.15) is 5.89 Å². The second kappa shape index (κ2) is 5.38. The lowest BCUT2D eigenvalue weighted by Crippen LogP contribution is -1.96. The largest absolute Gasteiger partial charge is 0.421 e. The van der Waals surface area contributed by atoms with Crippen LogP contribution in [0.4, 0.5) is 0 Å². The van der Waals surface area contributed by atoms with E-state index in [0.29, 0.717) is 16.7 Å². The number of hydrogen-bond donors (Lipinski definition) is 0. The van der Waals surface area contributed by atoms with Crippen molar-refractivity contribution in [3.05, 3.63) is 54.4 Å². The third-order valence-electron chi connectivity index (χ3n) is 3.28. The van der Waals surface area contributed by atoms with Crippen LogP contribution in [-0.2, 0) is 9.84 Å². The lowest BCUT2D eigenvalue weighted by atomic mass is 10.00. The molecule has 3 rings (SSSR count). The Bertz CT molecular complexity index is 913. The lowest BCUT2D eigenvalue weighted by Gasteiger charge is -2.07. The summed E-state index contributed by atoms with van der Waals surface area (Å²) in [5.74, 6) is 0.942. The van der Waals surface area contributed by atoms with Crippen molar-refractivity contribution < 1.29 is 12.8 Å². The molecule has 0 spiro atoms. The van der Waals surface area contributed by atoms with Gasteiger partial charge in [-0.2, -0.15) is 0 Å². The number of hydrogen-bond acceptors (Lipinski definition) is 5. The van der Waals surface area contributed by atoms with Gasteiger partial charge in [-0.3, -0.25) is 0 Å². The van der Waals surface area contributed by atoms with Gasteiger partial charge in [-0.05, 0) is 29.3 Å². The fraction of sp³-hybridized carbons (Fsp3) is 0.125. The van der Waals surface area contributed by atoms with Gasteiger partial charge in [-0.15, -0.1) is 10.2 Å². The smallest absolute Gasteiger partial charge is 0.248 e. The Morgan fingerprint density at radius 2 is 1.55 bits per heavy atom. The van der Waals surface area contributed by atoms with Crippen LogP contribution in [0, 0.1) is 6.92 Å². The van der Waals surface area contributed by atoms with Crippen molar-refractivity contribution in [3.8, 4) is 22.6 Å². The molecule has 0 saturated heterocycles. The number of sulfone groups is 1. The van der Waals surface area contributed by atoms with E-state index in [-0.39, 0.29) is 0 Å². The third-order valence-corrected chi connectivity index (χ3v) is 4.41. The first-order valence-electron chi connectivity index (χ1n) is 6.65. The molecule has 2 aromatic carbocycles. The summed E-state index contributed by atoms with van der Waals surface area (Å²) in [5.41, 5.74) is 2.61. The monoisotopic (exact) mass is 314 g/mol. The van der Waals surface area contributed by atoms with E-state index < -0.39 is 9.84 Å². The summed E-state index contributed by atoms with van der Waals surface area (Å²) in [6.07, 6.45) is 1.19. The minimum atomic E-state index is -3.20. The highest BCUT2D eigenvalue weighted by Gasteiger charge is 2.13. The second-order valence-corrected chi connectivity index (χ2v) is 6.98. The Labute approximate surface area is 128 Å². The van der Waals surface area contributed by atoms with E-state index in [0.717, 1.165) is 16.7 Å². The van der Waals surface area contributed by atoms with Crippen molar-refractivity contribution in [2.45, 2.75) is 11.8 Å². The van der Waals surface area contributed by atoms with Crippen LogP contribution < -0.4 is 0 Å². The number of nitrogens with zero attached hydrogens (tertiary/aromatic N) is 2. The maximum Gasteiger partial charge on any atom is 0.248 e. The molecule has 1 aromatic heterocycles. The molecule has 0 aliphatic carbocycles. The molecule has 0 atom stereocenters. The highest BCUT2D eigenvalue weighted by Crippen LogP contribution is 2.31. The molecule has 0 aliphatic rings. The van der Waals surface area contributed by atoms with Crippen LogP contribution in [0.15, 0.2) is 57.8 Å². The second-order valence-electron chi connectivity index (χ2n) is 4.97. The molecule has 0 radical (unpaired) electrons. The predicted octanol–water partition coefficient (Wildman–Crippen LogP) is 3.12. The first-order valence-corrected chi connectivity index (χ1v) is 8.54. The van der Waals surface area contributed by atoms with Gasteiger partial charge >= 0.3 is 0 Å². The van der Waals surface area contributed by atoms with Crippen molar-refractivity contribution in [1.29, 1.82) is 0 Å². The highest BCUT2D eigenvalue weighted by atomic mass is 32.2. The maximum atomic E-state index is 11.5. The average molecular weight is 314 g/mol. The van der Waals surface area contributed by atoms with Crippen molar-refractivity contribution in [1.82, 2.24) is 10.2 Å². The fourth-order valence-electron chi connectivity index (χ4n) is 2.21. The van der Waals surface area contributed by atoms with Gasteiger partial charge in [0.2, 0.25) is 11.8 Å². The van der Waals surface area contributed by atoms with E-state index in [1.165, 1.54) is 6.26 Å². The van der Waals surface area contributed by atoms with Gasteiger partial charge in [-0.1, -0.05) is 30.3 Å². The molecule has 0 fully saturated rings. The Morgan fingerprint density at radius 1 is 0.909 bits per heavy atom. The van der Waals surface area contributed by atoms with E-state index in [4.69, 9.17) is 4.42 Å². The zero-order valence-electron chi connectivity index (χ0n) is 12.1. The van der Waals surface area contributed by atoms with Crippen LogP contribution in [0.25, 0.3) is 22.6 Å². The molecule has 0 bridgehead atoms.